The van der Waals surface area contributed by atoms with Crippen LogP contribution in [0.4, 0.5) is 0 Å². The van der Waals surface area contributed by atoms with Crippen LogP contribution in [-0.2, 0) is 0 Å². The van der Waals surface area contributed by atoms with Crippen molar-refractivity contribution in [3.63, 3.8) is 0 Å². The molecule has 0 amide bonds. The summed E-state index contributed by atoms with van der Waals surface area (Å²) in [6.07, 6.45) is 40.1. The summed E-state index contributed by atoms with van der Waals surface area (Å²) in [7, 11) is 0. The Balaban J connectivity index is 1.50. The van der Waals surface area contributed by atoms with Gasteiger partial charge in [0.15, 0.2) is 0 Å². The minimum Gasteiger partial charge on any atom is -0.314 e. The molecule has 0 unspecified atom stereocenters. The highest BCUT2D eigenvalue weighted by Crippen LogP contribution is 2.25. The summed E-state index contributed by atoms with van der Waals surface area (Å²) in [6, 6.07) is 0.818. The molecule has 0 aliphatic heterocycles. The Morgan fingerprint density at radius 1 is 0.387 bits per heavy atom. The van der Waals surface area contributed by atoms with E-state index in [1.165, 1.54) is 180 Å². The van der Waals surface area contributed by atoms with E-state index in [0.29, 0.717) is 0 Å². The largest absolute Gasteiger partial charge is 0.314 e. The Labute approximate surface area is 197 Å². The number of unbranched alkanes of at least 4 members (excludes halogenated alkanes) is 3. The maximum atomic E-state index is 3.94. The van der Waals surface area contributed by atoms with Crippen molar-refractivity contribution in [3.05, 3.63) is 0 Å². The molecule has 0 aromatic heterocycles. The maximum Gasteiger partial charge on any atom is 0.00670 e. The fourth-order valence-electron chi connectivity index (χ4n) is 6.12. The summed E-state index contributed by atoms with van der Waals surface area (Å²) in [5.74, 6) is 1.05. The third-order valence-corrected chi connectivity index (χ3v) is 8.30. The molecule has 2 saturated carbocycles. The zero-order valence-corrected chi connectivity index (χ0v) is 21.5. The molecule has 2 fully saturated rings. The zero-order valence-electron chi connectivity index (χ0n) is 21.5. The third-order valence-electron chi connectivity index (χ3n) is 8.30. The van der Waals surface area contributed by atoms with Gasteiger partial charge >= 0.3 is 0 Å². The molecule has 0 aromatic carbocycles. The first-order valence-corrected chi connectivity index (χ1v) is 15.2. The van der Waals surface area contributed by atoms with Crippen LogP contribution in [0.15, 0.2) is 0 Å². The number of nitrogens with one attached hydrogen (secondary N) is 1. The van der Waals surface area contributed by atoms with E-state index in [0.717, 1.165) is 12.0 Å². The van der Waals surface area contributed by atoms with E-state index in [2.05, 4.69) is 5.32 Å². The van der Waals surface area contributed by atoms with Gasteiger partial charge in [0, 0.05) is 6.04 Å². The van der Waals surface area contributed by atoms with Crippen molar-refractivity contribution in [2.24, 2.45) is 5.92 Å². The Morgan fingerprint density at radius 3 is 1.26 bits per heavy atom. The van der Waals surface area contributed by atoms with Crippen LogP contribution in [0.3, 0.4) is 0 Å². The van der Waals surface area contributed by atoms with Gasteiger partial charge in [-0.1, -0.05) is 154 Å². The molecule has 1 heteroatoms. The third kappa shape index (κ3) is 16.3. The lowest BCUT2D eigenvalue weighted by Gasteiger charge is -2.19. The predicted molar refractivity (Wildman–Crippen MR) is 140 cm³/mol. The molecule has 0 radical (unpaired) electrons. The summed E-state index contributed by atoms with van der Waals surface area (Å²) in [4.78, 5) is 0. The maximum absolute atomic E-state index is 3.94. The van der Waals surface area contributed by atoms with Crippen molar-refractivity contribution < 1.29 is 0 Å². The highest BCUT2D eigenvalue weighted by molar-refractivity contribution is 4.69. The van der Waals surface area contributed by atoms with Gasteiger partial charge in [-0.25, -0.2) is 0 Å². The van der Waals surface area contributed by atoms with Crippen LogP contribution in [0.25, 0.3) is 0 Å². The van der Waals surface area contributed by atoms with Gasteiger partial charge in [0.05, 0.1) is 0 Å². The molecule has 0 bridgehead atoms. The van der Waals surface area contributed by atoms with Crippen molar-refractivity contribution >= 4 is 0 Å². The van der Waals surface area contributed by atoms with Gasteiger partial charge in [-0.2, -0.15) is 0 Å². The number of hydrogen-bond acceptors (Lipinski definition) is 1. The van der Waals surface area contributed by atoms with Gasteiger partial charge in [0.1, 0.15) is 0 Å². The van der Waals surface area contributed by atoms with E-state index in [-0.39, 0.29) is 0 Å². The molecular formula is C30H59N. The smallest absolute Gasteiger partial charge is 0.00670 e. The van der Waals surface area contributed by atoms with Crippen LogP contribution in [0.2, 0.25) is 0 Å². The summed E-state index contributed by atoms with van der Waals surface area (Å²) in [6.45, 7) is 1.27. The number of rotatable bonds is 8. The molecule has 0 atom stereocenters. The average Bonchev–Trinajstić information content (AvgIpc) is 2.82. The second-order valence-electron chi connectivity index (χ2n) is 11.2. The van der Waals surface area contributed by atoms with Crippen molar-refractivity contribution in [1.29, 1.82) is 0 Å². The van der Waals surface area contributed by atoms with Gasteiger partial charge in [0.25, 0.3) is 0 Å². The molecular weight excluding hydrogens is 374 g/mol. The van der Waals surface area contributed by atoms with E-state index in [9.17, 15) is 0 Å². The summed E-state index contributed by atoms with van der Waals surface area (Å²) in [5.41, 5.74) is 0. The van der Waals surface area contributed by atoms with Crippen LogP contribution >= 0.6 is 0 Å². The van der Waals surface area contributed by atoms with Crippen molar-refractivity contribution in [3.8, 4) is 0 Å². The van der Waals surface area contributed by atoms with Crippen LogP contribution in [0, 0.1) is 5.92 Å². The molecule has 1 N–H and O–H groups in total. The van der Waals surface area contributed by atoms with E-state index < -0.39 is 0 Å². The van der Waals surface area contributed by atoms with Gasteiger partial charge in [-0.15, -0.1) is 0 Å². The van der Waals surface area contributed by atoms with Gasteiger partial charge in [-0.3, -0.25) is 0 Å². The first-order chi connectivity index (χ1) is 15.4. The average molecular weight is 434 g/mol. The molecule has 2 aliphatic carbocycles. The van der Waals surface area contributed by atoms with E-state index in [4.69, 9.17) is 0 Å². The minimum atomic E-state index is 0.818. The highest BCUT2D eigenvalue weighted by atomic mass is 14.9. The van der Waals surface area contributed by atoms with Gasteiger partial charge in [0.2, 0.25) is 0 Å². The molecule has 31 heavy (non-hydrogen) atoms. The highest BCUT2D eigenvalue weighted by Gasteiger charge is 2.10. The van der Waals surface area contributed by atoms with E-state index >= 15 is 0 Å². The second kappa shape index (κ2) is 20.6. The summed E-state index contributed by atoms with van der Waals surface area (Å²) < 4.78 is 0. The van der Waals surface area contributed by atoms with E-state index in [1.54, 1.807) is 0 Å². The Morgan fingerprint density at radius 2 is 0.774 bits per heavy atom. The van der Waals surface area contributed by atoms with Crippen molar-refractivity contribution in [2.45, 2.75) is 179 Å². The van der Waals surface area contributed by atoms with Gasteiger partial charge in [-0.05, 0) is 31.7 Å². The Bertz CT molecular complexity index is 339. The Hall–Kier alpha value is -0.0400. The lowest BCUT2D eigenvalue weighted by Crippen LogP contribution is -2.30. The quantitative estimate of drug-likeness (QED) is 0.375. The first kappa shape index (κ1) is 27.2. The molecule has 184 valence electrons. The fraction of sp³-hybridized carbons (Fsp3) is 1.00. The van der Waals surface area contributed by atoms with Crippen LogP contribution in [0.5, 0.6) is 0 Å². The number of hydrogen-bond donors (Lipinski definition) is 1. The lowest BCUT2D eigenvalue weighted by molar-refractivity contribution is 0.367. The zero-order chi connectivity index (χ0) is 21.7. The lowest BCUT2D eigenvalue weighted by atomic mass is 9.90. The van der Waals surface area contributed by atoms with E-state index in [1.807, 2.05) is 0 Å². The Kier molecular flexibility index (Phi) is 18.0. The minimum absolute atomic E-state index is 0.818. The van der Waals surface area contributed by atoms with Crippen LogP contribution in [0.1, 0.15) is 173 Å². The standard InChI is InChI=1S/C30H59N/c1-2-4-8-12-18-24-29(23-17-11-7-3-1)25-19-15-16-22-28-31-30-26-20-13-9-5-6-10-14-21-27-30/h29-31H,1-28H2. The molecule has 0 heterocycles. The molecule has 0 aromatic rings. The molecule has 1 nitrogen and oxygen atoms in total. The van der Waals surface area contributed by atoms with Gasteiger partial charge < -0.3 is 5.32 Å². The normalized spacial score (nSPS) is 23.2. The molecule has 0 saturated heterocycles. The molecule has 2 aliphatic rings. The second-order valence-corrected chi connectivity index (χ2v) is 11.2. The first-order valence-electron chi connectivity index (χ1n) is 15.2. The van der Waals surface area contributed by atoms with Crippen LogP contribution < -0.4 is 5.32 Å². The predicted octanol–water partition coefficient (Wildman–Crippen LogP) is 10.1. The fourth-order valence-corrected chi connectivity index (χ4v) is 6.12. The molecule has 2 rings (SSSR count). The summed E-state index contributed by atoms with van der Waals surface area (Å²) in [5, 5.41) is 3.94. The topological polar surface area (TPSA) is 12.0 Å². The molecule has 0 spiro atoms. The van der Waals surface area contributed by atoms with Crippen LogP contribution in [-0.4, -0.2) is 12.6 Å². The SMILES string of the molecule is C1CCCCCCC(CCCCCCNC2CCCCCCCCCC2)CCCCC1. The summed E-state index contributed by atoms with van der Waals surface area (Å²) >= 11 is 0. The monoisotopic (exact) mass is 433 g/mol. The van der Waals surface area contributed by atoms with Crippen molar-refractivity contribution in [2.75, 3.05) is 6.54 Å². The van der Waals surface area contributed by atoms with Crippen molar-refractivity contribution in [1.82, 2.24) is 5.32 Å².